The number of hydrogen-bond acceptors (Lipinski definition) is 5. The summed E-state index contributed by atoms with van der Waals surface area (Å²) in [5.41, 5.74) is 8.87. The van der Waals surface area contributed by atoms with E-state index in [9.17, 15) is 0 Å². The summed E-state index contributed by atoms with van der Waals surface area (Å²) in [6.07, 6.45) is 0. The highest BCUT2D eigenvalue weighted by molar-refractivity contribution is 5.48. The zero-order valence-electron chi connectivity index (χ0n) is 10.5. The van der Waals surface area contributed by atoms with Gasteiger partial charge in [-0.05, 0) is 33.5 Å². The molecule has 0 radical (unpaired) electrons. The molecule has 3 N–H and O–H groups in total. The van der Waals surface area contributed by atoms with Crippen LogP contribution in [0.1, 0.15) is 16.8 Å². The highest BCUT2D eigenvalue weighted by atomic mass is 15.2. The third kappa shape index (κ3) is 3.15. The van der Waals surface area contributed by atoms with Crippen LogP contribution >= 0.6 is 0 Å². The quantitative estimate of drug-likeness (QED) is 0.762. The molecule has 0 aliphatic carbocycles. The van der Waals surface area contributed by atoms with Gasteiger partial charge in [-0.3, -0.25) is 0 Å². The van der Waals surface area contributed by atoms with E-state index in [0.717, 1.165) is 35.7 Å². The predicted octanol–water partition coefficient (Wildman–Crippen LogP) is 0.526. The zero-order valence-corrected chi connectivity index (χ0v) is 10.5. The number of nitrogens with one attached hydrogen (secondary N) is 1. The van der Waals surface area contributed by atoms with E-state index < -0.39 is 0 Å². The summed E-state index contributed by atoms with van der Waals surface area (Å²) in [5, 5.41) is 11.5. The molecule has 90 valence electrons. The van der Waals surface area contributed by atoms with Crippen LogP contribution in [0.4, 0.5) is 5.82 Å². The van der Waals surface area contributed by atoms with E-state index in [-0.39, 0.29) is 0 Å². The van der Waals surface area contributed by atoms with E-state index in [1.807, 2.05) is 27.9 Å². The van der Waals surface area contributed by atoms with Crippen LogP contribution in [-0.4, -0.2) is 42.3 Å². The van der Waals surface area contributed by atoms with E-state index in [0.29, 0.717) is 6.54 Å². The van der Waals surface area contributed by atoms with Crippen LogP contribution in [-0.2, 0) is 6.54 Å². The minimum absolute atomic E-state index is 0.493. The maximum atomic E-state index is 5.73. The summed E-state index contributed by atoms with van der Waals surface area (Å²) in [4.78, 5) is 2.11. The fourth-order valence-electron chi connectivity index (χ4n) is 1.45. The molecular formula is C11H21N5. The Morgan fingerprint density at radius 1 is 1.25 bits per heavy atom. The van der Waals surface area contributed by atoms with Gasteiger partial charge in [-0.1, -0.05) is 0 Å². The maximum Gasteiger partial charge on any atom is 0.153 e. The van der Waals surface area contributed by atoms with Crippen molar-refractivity contribution in [2.24, 2.45) is 5.73 Å². The van der Waals surface area contributed by atoms with Gasteiger partial charge in [0, 0.05) is 25.2 Å². The van der Waals surface area contributed by atoms with Crippen LogP contribution in [0.25, 0.3) is 0 Å². The molecule has 5 nitrogen and oxygen atoms in total. The normalized spacial score (nSPS) is 10.9. The van der Waals surface area contributed by atoms with Crippen LogP contribution in [0.2, 0.25) is 0 Å². The Hall–Kier alpha value is -1.20. The molecule has 0 amide bonds. The average Bonchev–Trinajstić information content (AvgIpc) is 2.23. The van der Waals surface area contributed by atoms with Crippen LogP contribution < -0.4 is 11.1 Å². The standard InChI is InChI=1S/C11H21N5/c1-8-9(2)14-15-11(10(8)7-12)13-5-6-16(3)4/h5-7,12H2,1-4H3,(H,13,15). The fourth-order valence-corrected chi connectivity index (χ4v) is 1.45. The number of nitrogens with two attached hydrogens (primary N) is 1. The van der Waals surface area contributed by atoms with E-state index in [1.165, 1.54) is 0 Å². The lowest BCUT2D eigenvalue weighted by Crippen LogP contribution is -2.22. The second-order valence-electron chi connectivity index (χ2n) is 4.17. The van der Waals surface area contributed by atoms with Gasteiger partial charge >= 0.3 is 0 Å². The first-order valence-corrected chi connectivity index (χ1v) is 5.47. The summed E-state index contributed by atoms with van der Waals surface area (Å²) < 4.78 is 0. The van der Waals surface area contributed by atoms with Crippen molar-refractivity contribution in [2.45, 2.75) is 20.4 Å². The summed E-state index contributed by atoms with van der Waals surface area (Å²) in [5.74, 6) is 0.812. The van der Waals surface area contributed by atoms with Gasteiger partial charge in [0.1, 0.15) is 0 Å². The van der Waals surface area contributed by atoms with Crippen molar-refractivity contribution in [3.63, 3.8) is 0 Å². The average molecular weight is 223 g/mol. The molecule has 0 saturated carbocycles. The van der Waals surface area contributed by atoms with Gasteiger partial charge < -0.3 is 16.0 Å². The SMILES string of the molecule is Cc1nnc(NCCN(C)C)c(CN)c1C. The molecule has 0 saturated heterocycles. The van der Waals surface area contributed by atoms with Gasteiger partial charge in [-0.2, -0.15) is 5.10 Å². The van der Waals surface area contributed by atoms with Crippen LogP contribution in [0.5, 0.6) is 0 Å². The predicted molar refractivity (Wildman–Crippen MR) is 66.4 cm³/mol. The summed E-state index contributed by atoms with van der Waals surface area (Å²) in [6, 6.07) is 0. The first kappa shape index (κ1) is 12.9. The molecule has 0 atom stereocenters. The van der Waals surface area contributed by atoms with Crippen LogP contribution in [0.15, 0.2) is 0 Å². The van der Waals surface area contributed by atoms with Crippen molar-refractivity contribution in [3.8, 4) is 0 Å². The monoisotopic (exact) mass is 223 g/mol. The highest BCUT2D eigenvalue weighted by Crippen LogP contribution is 2.17. The molecule has 0 aromatic carbocycles. The minimum atomic E-state index is 0.493. The molecule has 0 aliphatic heterocycles. The van der Waals surface area contributed by atoms with E-state index >= 15 is 0 Å². The smallest absolute Gasteiger partial charge is 0.153 e. The van der Waals surface area contributed by atoms with Gasteiger partial charge in [-0.25, -0.2) is 0 Å². The number of aryl methyl sites for hydroxylation is 1. The summed E-state index contributed by atoms with van der Waals surface area (Å²) >= 11 is 0. The van der Waals surface area contributed by atoms with Crippen molar-refractivity contribution >= 4 is 5.82 Å². The Bertz CT molecular complexity index is 348. The van der Waals surface area contributed by atoms with Gasteiger partial charge in [-0.15, -0.1) is 5.10 Å². The Balaban J connectivity index is 2.76. The number of hydrogen-bond donors (Lipinski definition) is 2. The molecular weight excluding hydrogens is 202 g/mol. The lowest BCUT2D eigenvalue weighted by molar-refractivity contribution is 0.425. The first-order chi connectivity index (χ1) is 7.56. The van der Waals surface area contributed by atoms with Crippen LogP contribution in [0, 0.1) is 13.8 Å². The Morgan fingerprint density at radius 3 is 2.50 bits per heavy atom. The van der Waals surface area contributed by atoms with Gasteiger partial charge in [0.2, 0.25) is 0 Å². The molecule has 0 aliphatic rings. The van der Waals surface area contributed by atoms with Crippen molar-refractivity contribution < 1.29 is 0 Å². The summed E-state index contributed by atoms with van der Waals surface area (Å²) in [6.45, 7) is 6.27. The molecule has 5 heteroatoms. The first-order valence-electron chi connectivity index (χ1n) is 5.47. The lowest BCUT2D eigenvalue weighted by atomic mass is 10.1. The molecule has 0 fully saturated rings. The Kier molecular flexibility index (Phi) is 4.64. The van der Waals surface area contributed by atoms with E-state index in [4.69, 9.17) is 5.73 Å². The number of likely N-dealkylation sites (N-methyl/N-ethyl adjacent to an activating group) is 1. The number of nitrogens with zero attached hydrogens (tertiary/aromatic N) is 3. The molecule has 0 unspecified atom stereocenters. The molecule has 16 heavy (non-hydrogen) atoms. The van der Waals surface area contributed by atoms with Gasteiger partial charge in [0.15, 0.2) is 5.82 Å². The molecule has 1 aromatic rings. The Morgan fingerprint density at radius 2 is 1.94 bits per heavy atom. The fraction of sp³-hybridized carbons (Fsp3) is 0.636. The largest absolute Gasteiger partial charge is 0.367 e. The van der Waals surface area contributed by atoms with Crippen molar-refractivity contribution in [3.05, 3.63) is 16.8 Å². The second kappa shape index (κ2) is 5.77. The van der Waals surface area contributed by atoms with Crippen molar-refractivity contribution in [1.82, 2.24) is 15.1 Å². The summed E-state index contributed by atoms with van der Waals surface area (Å²) in [7, 11) is 4.08. The van der Waals surface area contributed by atoms with Crippen LogP contribution in [0.3, 0.4) is 0 Å². The molecule has 1 rings (SSSR count). The van der Waals surface area contributed by atoms with E-state index in [2.05, 4.69) is 20.4 Å². The lowest BCUT2D eigenvalue weighted by Gasteiger charge is -2.14. The molecule has 0 bridgehead atoms. The third-order valence-electron chi connectivity index (χ3n) is 2.64. The zero-order chi connectivity index (χ0) is 12.1. The number of anilines is 1. The van der Waals surface area contributed by atoms with Gasteiger partial charge in [0.25, 0.3) is 0 Å². The second-order valence-corrected chi connectivity index (χ2v) is 4.17. The maximum absolute atomic E-state index is 5.73. The Labute approximate surface area is 97.0 Å². The topological polar surface area (TPSA) is 67.1 Å². The number of aromatic nitrogens is 2. The van der Waals surface area contributed by atoms with Crippen molar-refractivity contribution in [1.29, 1.82) is 0 Å². The highest BCUT2D eigenvalue weighted by Gasteiger charge is 2.08. The van der Waals surface area contributed by atoms with Crippen molar-refractivity contribution in [2.75, 3.05) is 32.5 Å². The van der Waals surface area contributed by atoms with Gasteiger partial charge in [0.05, 0.1) is 5.69 Å². The third-order valence-corrected chi connectivity index (χ3v) is 2.64. The number of rotatable bonds is 5. The molecule has 1 heterocycles. The minimum Gasteiger partial charge on any atom is -0.367 e. The molecule has 1 aromatic heterocycles. The molecule has 0 spiro atoms. The van der Waals surface area contributed by atoms with E-state index in [1.54, 1.807) is 0 Å².